The van der Waals surface area contributed by atoms with Gasteiger partial charge in [0.25, 0.3) is 0 Å². The summed E-state index contributed by atoms with van der Waals surface area (Å²) in [6.07, 6.45) is 4.24. The van der Waals surface area contributed by atoms with Gasteiger partial charge in [-0.1, -0.05) is 30.3 Å². The quantitative estimate of drug-likeness (QED) is 0.702. The number of likely N-dealkylation sites (tertiary alicyclic amines) is 1. The predicted octanol–water partition coefficient (Wildman–Crippen LogP) is 4.48. The van der Waals surface area contributed by atoms with Gasteiger partial charge in [0.1, 0.15) is 0 Å². The third-order valence-corrected chi connectivity index (χ3v) is 4.65. The van der Waals surface area contributed by atoms with Crippen LogP contribution in [-0.2, 0) is 6.54 Å². The standard InChI is InChI=1S/C19H22N4.2ClH/c1-2-4-15(5-3-1)14-23-10-8-17(9-11-23)21-18-7-6-16-13-20-22-19(16)12-18;;/h1-7,12-13,17,21H,8-11,14H2,(H,20,22);2*1H. The van der Waals surface area contributed by atoms with Crippen LogP contribution in [0.5, 0.6) is 0 Å². The molecule has 3 aromatic rings. The summed E-state index contributed by atoms with van der Waals surface area (Å²) in [4.78, 5) is 2.55. The highest BCUT2D eigenvalue weighted by atomic mass is 35.5. The minimum Gasteiger partial charge on any atom is -0.382 e. The number of aromatic amines is 1. The molecule has 0 aliphatic carbocycles. The fourth-order valence-corrected chi connectivity index (χ4v) is 3.34. The van der Waals surface area contributed by atoms with Crippen molar-refractivity contribution in [3.63, 3.8) is 0 Å². The third kappa shape index (κ3) is 4.88. The molecule has 1 aliphatic rings. The van der Waals surface area contributed by atoms with E-state index in [0.29, 0.717) is 6.04 Å². The molecule has 4 nitrogen and oxygen atoms in total. The zero-order valence-corrected chi connectivity index (χ0v) is 15.7. The Kier molecular flexibility index (Phi) is 7.12. The first kappa shape index (κ1) is 19.6. The van der Waals surface area contributed by atoms with Gasteiger partial charge >= 0.3 is 0 Å². The first-order valence-electron chi connectivity index (χ1n) is 8.33. The van der Waals surface area contributed by atoms with E-state index in [-0.39, 0.29) is 24.8 Å². The van der Waals surface area contributed by atoms with Crippen molar-refractivity contribution < 1.29 is 0 Å². The number of nitrogens with zero attached hydrogens (tertiary/aromatic N) is 2. The molecule has 2 N–H and O–H groups in total. The Labute approximate surface area is 160 Å². The lowest BCUT2D eigenvalue weighted by Gasteiger charge is -2.32. The van der Waals surface area contributed by atoms with E-state index in [0.717, 1.165) is 30.5 Å². The Bertz CT molecular complexity index is 767. The van der Waals surface area contributed by atoms with Crippen LogP contribution >= 0.6 is 24.8 Å². The number of nitrogens with one attached hydrogen (secondary N) is 2. The molecular weight excluding hydrogens is 355 g/mol. The SMILES string of the molecule is Cl.Cl.c1ccc(CN2CCC(Nc3ccc4cn[nH]c4c3)CC2)cc1. The third-order valence-electron chi connectivity index (χ3n) is 4.65. The van der Waals surface area contributed by atoms with Gasteiger partial charge in [-0.15, -0.1) is 24.8 Å². The van der Waals surface area contributed by atoms with E-state index < -0.39 is 0 Å². The highest BCUT2D eigenvalue weighted by molar-refractivity contribution is 5.85. The van der Waals surface area contributed by atoms with Crippen molar-refractivity contribution in [2.24, 2.45) is 0 Å². The van der Waals surface area contributed by atoms with E-state index in [4.69, 9.17) is 0 Å². The Hall–Kier alpha value is -1.75. The summed E-state index contributed by atoms with van der Waals surface area (Å²) < 4.78 is 0. The Balaban J connectivity index is 0.00000113. The fraction of sp³-hybridized carbons (Fsp3) is 0.316. The molecule has 1 saturated heterocycles. The first-order chi connectivity index (χ1) is 11.4. The number of hydrogen-bond donors (Lipinski definition) is 2. The van der Waals surface area contributed by atoms with Crippen molar-refractivity contribution in [2.75, 3.05) is 18.4 Å². The molecule has 25 heavy (non-hydrogen) atoms. The van der Waals surface area contributed by atoms with Crippen molar-refractivity contribution in [2.45, 2.75) is 25.4 Å². The second-order valence-corrected chi connectivity index (χ2v) is 6.35. The molecule has 0 amide bonds. The molecule has 0 saturated carbocycles. The normalized spacial score (nSPS) is 15.4. The lowest BCUT2D eigenvalue weighted by Crippen LogP contribution is -2.38. The van der Waals surface area contributed by atoms with Gasteiger partial charge in [0.15, 0.2) is 0 Å². The van der Waals surface area contributed by atoms with Gasteiger partial charge in [-0.2, -0.15) is 5.10 Å². The summed E-state index contributed by atoms with van der Waals surface area (Å²) in [5.41, 5.74) is 3.68. The summed E-state index contributed by atoms with van der Waals surface area (Å²) in [6.45, 7) is 3.37. The Morgan fingerprint density at radius 3 is 2.56 bits per heavy atom. The van der Waals surface area contributed by atoms with E-state index in [2.05, 4.69) is 68.9 Å². The van der Waals surface area contributed by atoms with Crippen molar-refractivity contribution >= 4 is 41.4 Å². The molecule has 1 aromatic heterocycles. The summed E-state index contributed by atoms with van der Waals surface area (Å²) in [6, 6.07) is 17.7. The molecular formula is C19H24Cl2N4. The minimum atomic E-state index is 0. The van der Waals surface area contributed by atoms with Gasteiger partial charge in [-0.05, 0) is 36.6 Å². The number of benzene rings is 2. The highest BCUT2D eigenvalue weighted by Gasteiger charge is 2.19. The summed E-state index contributed by atoms with van der Waals surface area (Å²) in [5.74, 6) is 0. The molecule has 0 unspecified atom stereocenters. The number of piperidine rings is 1. The maximum atomic E-state index is 4.08. The van der Waals surface area contributed by atoms with Crippen molar-refractivity contribution in [3.05, 3.63) is 60.3 Å². The zero-order valence-electron chi connectivity index (χ0n) is 14.0. The molecule has 0 atom stereocenters. The smallest absolute Gasteiger partial charge is 0.0670 e. The van der Waals surface area contributed by atoms with Crippen molar-refractivity contribution in [1.82, 2.24) is 15.1 Å². The average molecular weight is 379 g/mol. The van der Waals surface area contributed by atoms with E-state index in [1.807, 2.05) is 6.20 Å². The van der Waals surface area contributed by atoms with Crippen molar-refractivity contribution in [3.8, 4) is 0 Å². The molecule has 6 heteroatoms. The molecule has 0 spiro atoms. The number of fused-ring (bicyclic) bond motifs is 1. The van der Waals surface area contributed by atoms with E-state index in [9.17, 15) is 0 Å². The monoisotopic (exact) mass is 378 g/mol. The van der Waals surface area contributed by atoms with Gasteiger partial charge in [0, 0.05) is 36.7 Å². The van der Waals surface area contributed by atoms with E-state index >= 15 is 0 Å². The van der Waals surface area contributed by atoms with Gasteiger partial charge in [-0.3, -0.25) is 10.00 Å². The predicted molar refractivity (Wildman–Crippen MR) is 109 cm³/mol. The number of hydrogen-bond acceptors (Lipinski definition) is 3. The van der Waals surface area contributed by atoms with Crippen LogP contribution in [-0.4, -0.2) is 34.2 Å². The molecule has 4 rings (SSSR count). The lowest BCUT2D eigenvalue weighted by atomic mass is 10.0. The summed E-state index contributed by atoms with van der Waals surface area (Å²) >= 11 is 0. The van der Waals surface area contributed by atoms with Crippen LogP contribution in [0.25, 0.3) is 10.9 Å². The highest BCUT2D eigenvalue weighted by Crippen LogP contribution is 2.21. The van der Waals surface area contributed by atoms with Crippen LogP contribution in [0, 0.1) is 0 Å². The molecule has 0 radical (unpaired) electrons. The van der Waals surface area contributed by atoms with Crippen LogP contribution in [0.4, 0.5) is 5.69 Å². The van der Waals surface area contributed by atoms with Crippen LogP contribution in [0.15, 0.2) is 54.7 Å². The van der Waals surface area contributed by atoms with E-state index in [1.165, 1.54) is 24.1 Å². The number of rotatable bonds is 4. The number of aromatic nitrogens is 2. The summed E-state index contributed by atoms with van der Waals surface area (Å²) in [5, 5.41) is 11.9. The molecule has 0 bridgehead atoms. The molecule has 1 aliphatic heterocycles. The van der Waals surface area contributed by atoms with Crippen LogP contribution in [0.2, 0.25) is 0 Å². The number of halogens is 2. The largest absolute Gasteiger partial charge is 0.382 e. The number of H-pyrrole nitrogens is 1. The lowest BCUT2D eigenvalue weighted by molar-refractivity contribution is 0.211. The maximum absolute atomic E-state index is 4.08. The summed E-state index contributed by atoms with van der Waals surface area (Å²) in [7, 11) is 0. The second-order valence-electron chi connectivity index (χ2n) is 6.35. The first-order valence-corrected chi connectivity index (χ1v) is 8.33. The van der Waals surface area contributed by atoms with Crippen LogP contribution < -0.4 is 5.32 Å². The van der Waals surface area contributed by atoms with Gasteiger partial charge < -0.3 is 5.32 Å². The van der Waals surface area contributed by atoms with Crippen LogP contribution in [0.3, 0.4) is 0 Å². The topological polar surface area (TPSA) is 44.0 Å². The molecule has 2 aromatic carbocycles. The number of anilines is 1. The molecule has 134 valence electrons. The Morgan fingerprint density at radius 2 is 1.80 bits per heavy atom. The maximum Gasteiger partial charge on any atom is 0.0670 e. The van der Waals surface area contributed by atoms with Gasteiger partial charge in [-0.25, -0.2) is 0 Å². The second kappa shape index (κ2) is 9.09. The fourth-order valence-electron chi connectivity index (χ4n) is 3.34. The van der Waals surface area contributed by atoms with E-state index in [1.54, 1.807) is 0 Å². The van der Waals surface area contributed by atoms with Gasteiger partial charge in [0.2, 0.25) is 0 Å². The Morgan fingerprint density at radius 1 is 1.04 bits per heavy atom. The van der Waals surface area contributed by atoms with Gasteiger partial charge in [0.05, 0.1) is 11.7 Å². The molecule has 2 heterocycles. The molecule has 1 fully saturated rings. The zero-order chi connectivity index (χ0) is 15.5. The van der Waals surface area contributed by atoms with Crippen molar-refractivity contribution in [1.29, 1.82) is 0 Å². The van der Waals surface area contributed by atoms with Crippen LogP contribution in [0.1, 0.15) is 18.4 Å². The average Bonchev–Trinajstić information content (AvgIpc) is 3.05. The minimum absolute atomic E-state index is 0.